The third-order valence-electron chi connectivity index (χ3n) is 2.26. The number of aromatic nitrogens is 1. The monoisotopic (exact) mass is 328 g/mol. The van der Waals surface area contributed by atoms with Crippen molar-refractivity contribution in [3.05, 3.63) is 22.8 Å². The molecule has 0 saturated carbocycles. The number of pyridine rings is 1. The van der Waals surface area contributed by atoms with Crippen molar-refractivity contribution in [1.82, 2.24) is 4.98 Å². The number of carbonyl (C=O) groups excluding carboxylic acids is 1. The molecule has 1 N–H and O–H groups in total. The van der Waals surface area contributed by atoms with Crippen LogP contribution in [0.3, 0.4) is 0 Å². The van der Waals surface area contributed by atoms with E-state index in [2.05, 4.69) is 26.2 Å². The van der Waals surface area contributed by atoms with E-state index in [1.165, 1.54) is 0 Å². The molecule has 1 aromatic heterocycles. The number of halogens is 1. The number of rotatable bonds is 6. The van der Waals surface area contributed by atoms with E-state index in [0.717, 1.165) is 29.7 Å². The molecule has 0 spiro atoms. The molecule has 0 aromatic carbocycles. The first kappa shape index (κ1) is 16.0. The lowest BCUT2D eigenvalue weighted by molar-refractivity contribution is -0.154. The minimum Gasteiger partial charge on any atom is -0.460 e. The lowest BCUT2D eigenvalue weighted by Gasteiger charge is -2.19. The van der Waals surface area contributed by atoms with Gasteiger partial charge in [0, 0.05) is 23.6 Å². The second-order valence-corrected chi connectivity index (χ2v) is 6.25. The summed E-state index contributed by atoms with van der Waals surface area (Å²) in [7, 11) is 0. The first-order valence-electron chi connectivity index (χ1n) is 6.44. The zero-order chi connectivity index (χ0) is 14.3. The maximum absolute atomic E-state index is 11.5. The molecule has 5 heteroatoms. The topological polar surface area (TPSA) is 51.2 Å². The number of esters is 1. The normalized spacial score (nSPS) is 11.2. The van der Waals surface area contributed by atoms with Gasteiger partial charge in [-0.1, -0.05) is 0 Å². The highest BCUT2D eigenvalue weighted by molar-refractivity contribution is 9.10. The Morgan fingerprint density at radius 1 is 1.37 bits per heavy atom. The molecular weight excluding hydrogens is 308 g/mol. The number of nitrogens with one attached hydrogen (secondary N) is 1. The summed E-state index contributed by atoms with van der Waals surface area (Å²) in [6, 6.07) is 3.86. The summed E-state index contributed by atoms with van der Waals surface area (Å²) in [4.78, 5) is 15.7. The summed E-state index contributed by atoms with van der Waals surface area (Å²) in [5.74, 6) is 0.717. The molecule has 0 aliphatic carbocycles. The summed E-state index contributed by atoms with van der Waals surface area (Å²) in [6.07, 6.45) is 3.95. The number of hydrogen-bond acceptors (Lipinski definition) is 4. The van der Waals surface area contributed by atoms with Gasteiger partial charge in [0.2, 0.25) is 0 Å². The Kier molecular flexibility index (Phi) is 6.28. The van der Waals surface area contributed by atoms with Crippen molar-refractivity contribution in [3.63, 3.8) is 0 Å². The van der Waals surface area contributed by atoms with Crippen LogP contribution in [0.1, 0.15) is 40.0 Å². The van der Waals surface area contributed by atoms with Crippen LogP contribution in [-0.4, -0.2) is 23.1 Å². The van der Waals surface area contributed by atoms with E-state index < -0.39 is 5.60 Å². The average molecular weight is 329 g/mol. The Hall–Kier alpha value is -1.10. The first-order valence-corrected chi connectivity index (χ1v) is 7.23. The summed E-state index contributed by atoms with van der Waals surface area (Å²) >= 11 is 3.34. The third kappa shape index (κ3) is 7.82. The number of ether oxygens (including phenoxy) is 1. The summed E-state index contributed by atoms with van der Waals surface area (Å²) < 4.78 is 6.20. The smallest absolute Gasteiger partial charge is 0.306 e. The van der Waals surface area contributed by atoms with Gasteiger partial charge in [0.05, 0.1) is 0 Å². The zero-order valence-electron chi connectivity index (χ0n) is 11.7. The molecule has 0 saturated heterocycles. The molecular formula is C14H21BrN2O2. The molecule has 106 valence electrons. The number of hydrogen-bond donors (Lipinski definition) is 1. The van der Waals surface area contributed by atoms with E-state index in [1.807, 2.05) is 32.9 Å². The standard InChI is InChI=1S/C14H21BrN2O2/c1-14(2,3)19-13(18)6-4-5-9-16-12-8-7-11(15)10-17-12/h7-8,10H,4-6,9H2,1-3H3,(H,16,17). The molecule has 1 heterocycles. The lowest BCUT2D eigenvalue weighted by Crippen LogP contribution is -2.23. The molecule has 19 heavy (non-hydrogen) atoms. The van der Waals surface area contributed by atoms with Gasteiger partial charge in [0.1, 0.15) is 11.4 Å². The van der Waals surface area contributed by atoms with Crippen LogP contribution in [0, 0.1) is 0 Å². The molecule has 0 fully saturated rings. The lowest BCUT2D eigenvalue weighted by atomic mass is 10.2. The Balaban J connectivity index is 2.11. The van der Waals surface area contributed by atoms with Crippen LogP contribution in [-0.2, 0) is 9.53 Å². The maximum atomic E-state index is 11.5. The fourth-order valence-electron chi connectivity index (χ4n) is 1.48. The molecule has 1 rings (SSSR count). The van der Waals surface area contributed by atoms with Crippen LogP contribution in [0.4, 0.5) is 5.82 Å². The highest BCUT2D eigenvalue weighted by Gasteiger charge is 2.15. The average Bonchev–Trinajstić information content (AvgIpc) is 2.29. The van der Waals surface area contributed by atoms with Crippen LogP contribution in [0.25, 0.3) is 0 Å². The van der Waals surface area contributed by atoms with E-state index >= 15 is 0 Å². The van der Waals surface area contributed by atoms with Gasteiger partial charge in [-0.25, -0.2) is 4.98 Å². The Morgan fingerprint density at radius 3 is 2.68 bits per heavy atom. The first-order chi connectivity index (χ1) is 8.87. The second kappa shape index (κ2) is 7.48. The quantitative estimate of drug-likeness (QED) is 0.638. The maximum Gasteiger partial charge on any atom is 0.306 e. The minimum absolute atomic E-state index is 0.130. The van der Waals surface area contributed by atoms with Gasteiger partial charge < -0.3 is 10.1 Å². The Morgan fingerprint density at radius 2 is 2.11 bits per heavy atom. The Bertz CT molecular complexity index is 399. The number of anilines is 1. The molecule has 1 aromatic rings. The van der Waals surface area contributed by atoms with E-state index in [4.69, 9.17) is 4.74 Å². The van der Waals surface area contributed by atoms with Crippen LogP contribution in [0.5, 0.6) is 0 Å². The molecule has 0 bridgehead atoms. The largest absolute Gasteiger partial charge is 0.460 e. The van der Waals surface area contributed by atoms with Gasteiger partial charge in [-0.3, -0.25) is 4.79 Å². The van der Waals surface area contributed by atoms with E-state index in [0.29, 0.717) is 6.42 Å². The number of carbonyl (C=O) groups is 1. The van der Waals surface area contributed by atoms with E-state index in [1.54, 1.807) is 6.20 Å². The van der Waals surface area contributed by atoms with Gasteiger partial charge in [-0.15, -0.1) is 0 Å². The second-order valence-electron chi connectivity index (χ2n) is 5.33. The minimum atomic E-state index is -0.392. The van der Waals surface area contributed by atoms with Gasteiger partial charge in [-0.05, 0) is 61.7 Å². The van der Waals surface area contributed by atoms with Crippen molar-refractivity contribution in [3.8, 4) is 0 Å². The molecule has 0 aliphatic heterocycles. The van der Waals surface area contributed by atoms with Gasteiger partial charge in [0.15, 0.2) is 0 Å². The van der Waals surface area contributed by atoms with Crippen LogP contribution in [0.2, 0.25) is 0 Å². The summed E-state index contributed by atoms with van der Waals surface area (Å²) in [5.41, 5.74) is -0.392. The number of nitrogens with zero attached hydrogens (tertiary/aromatic N) is 1. The van der Waals surface area contributed by atoms with Gasteiger partial charge in [0.25, 0.3) is 0 Å². The SMILES string of the molecule is CC(C)(C)OC(=O)CCCCNc1ccc(Br)cn1. The van der Waals surface area contributed by atoms with Crippen molar-refractivity contribution >= 4 is 27.7 Å². The molecule has 0 aliphatic rings. The highest BCUT2D eigenvalue weighted by Crippen LogP contribution is 2.11. The molecule has 4 nitrogen and oxygen atoms in total. The summed E-state index contributed by atoms with van der Waals surface area (Å²) in [6.45, 7) is 6.44. The fraction of sp³-hybridized carbons (Fsp3) is 0.571. The predicted octanol–water partition coefficient (Wildman–Crippen LogP) is 3.77. The molecule has 0 atom stereocenters. The van der Waals surface area contributed by atoms with E-state index in [-0.39, 0.29) is 5.97 Å². The molecule has 0 amide bonds. The molecule has 0 radical (unpaired) electrons. The third-order valence-corrected chi connectivity index (χ3v) is 2.73. The highest BCUT2D eigenvalue weighted by atomic mass is 79.9. The van der Waals surface area contributed by atoms with Gasteiger partial charge >= 0.3 is 5.97 Å². The predicted molar refractivity (Wildman–Crippen MR) is 80.1 cm³/mol. The van der Waals surface area contributed by atoms with Crippen LogP contribution in [0.15, 0.2) is 22.8 Å². The van der Waals surface area contributed by atoms with Crippen molar-refractivity contribution < 1.29 is 9.53 Å². The van der Waals surface area contributed by atoms with Crippen molar-refractivity contribution in [2.45, 2.75) is 45.6 Å². The van der Waals surface area contributed by atoms with E-state index in [9.17, 15) is 4.79 Å². The van der Waals surface area contributed by atoms with Crippen molar-refractivity contribution in [1.29, 1.82) is 0 Å². The zero-order valence-corrected chi connectivity index (χ0v) is 13.3. The van der Waals surface area contributed by atoms with Crippen molar-refractivity contribution in [2.24, 2.45) is 0 Å². The van der Waals surface area contributed by atoms with Crippen LogP contribution < -0.4 is 5.32 Å². The van der Waals surface area contributed by atoms with Crippen molar-refractivity contribution in [2.75, 3.05) is 11.9 Å². The van der Waals surface area contributed by atoms with Gasteiger partial charge in [-0.2, -0.15) is 0 Å². The number of unbranched alkanes of at least 4 members (excludes halogenated alkanes) is 1. The molecule has 0 unspecified atom stereocenters. The Labute approximate surface area is 123 Å². The fourth-order valence-corrected chi connectivity index (χ4v) is 1.72. The van der Waals surface area contributed by atoms with Crippen LogP contribution >= 0.6 is 15.9 Å². The summed E-state index contributed by atoms with van der Waals surface area (Å²) in [5, 5.41) is 3.21.